The van der Waals surface area contributed by atoms with E-state index in [4.69, 9.17) is 14.2 Å². The second kappa shape index (κ2) is 5.24. The molecule has 0 aromatic rings. The fourth-order valence-electron chi connectivity index (χ4n) is 4.46. The van der Waals surface area contributed by atoms with Gasteiger partial charge in [0.05, 0.1) is 36.6 Å². The normalized spacial score (nSPS) is 51.8. The number of hydrogen-bond acceptors (Lipinski definition) is 4. The van der Waals surface area contributed by atoms with Crippen LogP contribution in [0.1, 0.15) is 51.4 Å². The monoisotopic (exact) mass is 282 g/mol. The predicted molar refractivity (Wildman–Crippen MR) is 73.5 cm³/mol. The number of ether oxygens (including phenoxy) is 3. The van der Waals surface area contributed by atoms with Crippen molar-refractivity contribution in [2.45, 2.75) is 81.4 Å². The van der Waals surface area contributed by atoms with Crippen LogP contribution in [0.3, 0.4) is 0 Å². The maximum absolute atomic E-state index is 10.0. The number of rotatable bonds is 2. The molecule has 0 spiro atoms. The van der Waals surface area contributed by atoms with Gasteiger partial charge in [-0.25, -0.2) is 0 Å². The first-order chi connectivity index (χ1) is 9.74. The van der Waals surface area contributed by atoms with Gasteiger partial charge in [-0.2, -0.15) is 0 Å². The van der Waals surface area contributed by atoms with Gasteiger partial charge in [0.25, 0.3) is 0 Å². The largest absolute Gasteiger partial charge is 0.390 e. The van der Waals surface area contributed by atoms with Crippen molar-refractivity contribution in [3.8, 4) is 0 Å². The van der Waals surface area contributed by atoms with E-state index in [0.29, 0.717) is 6.61 Å². The molecule has 6 aliphatic rings. The van der Waals surface area contributed by atoms with E-state index in [1.165, 1.54) is 12.8 Å². The highest BCUT2D eigenvalue weighted by atomic mass is 16.6. The average molecular weight is 282 g/mol. The minimum atomic E-state index is -0.302. The number of hydrogen-bond donors (Lipinski definition) is 1. The lowest BCUT2D eigenvalue weighted by Crippen LogP contribution is -2.47. The lowest BCUT2D eigenvalue weighted by molar-refractivity contribution is -0.199. The number of aliphatic hydroxyl groups is 1. The molecule has 6 atom stereocenters. The van der Waals surface area contributed by atoms with Crippen molar-refractivity contribution in [1.29, 1.82) is 0 Å². The van der Waals surface area contributed by atoms with Gasteiger partial charge in [0.1, 0.15) is 0 Å². The van der Waals surface area contributed by atoms with E-state index in [9.17, 15) is 5.11 Å². The third-order valence-corrected chi connectivity index (χ3v) is 5.85. The summed E-state index contributed by atoms with van der Waals surface area (Å²) < 4.78 is 18.4. The van der Waals surface area contributed by atoms with Crippen LogP contribution in [-0.2, 0) is 14.2 Å². The zero-order chi connectivity index (χ0) is 13.6. The zero-order valence-electron chi connectivity index (χ0n) is 12.1. The van der Waals surface area contributed by atoms with E-state index in [1.54, 1.807) is 0 Å². The highest BCUT2D eigenvalue weighted by molar-refractivity contribution is 4.95. The molecule has 20 heavy (non-hydrogen) atoms. The standard InChI is InChI=1S/C16H26O4/c17-12-5-7-16(8-6-13(12)19-10-16)20-15-4-2-11-1-3-14(15)18-9-11/h11-15,17H,1-10H2. The molecule has 4 bridgehead atoms. The summed E-state index contributed by atoms with van der Waals surface area (Å²) in [4.78, 5) is 0. The lowest BCUT2D eigenvalue weighted by atomic mass is 9.92. The first kappa shape index (κ1) is 13.5. The summed E-state index contributed by atoms with van der Waals surface area (Å²) in [5.74, 6) is 0.750. The minimum absolute atomic E-state index is 0.0375. The smallest absolute Gasteiger partial charge is 0.0922 e. The quantitative estimate of drug-likeness (QED) is 0.842. The van der Waals surface area contributed by atoms with Crippen LogP contribution in [0, 0.1) is 5.92 Å². The molecule has 6 unspecified atom stereocenters. The molecule has 6 rings (SSSR count). The van der Waals surface area contributed by atoms with Crippen molar-refractivity contribution >= 4 is 0 Å². The Morgan fingerprint density at radius 3 is 2.50 bits per heavy atom. The van der Waals surface area contributed by atoms with Crippen molar-refractivity contribution in [2.75, 3.05) is 13.2 Å². The van der Waals surface area contributed by atoms with Crippen molar-refractivity contribution in [3.05, 3.63) is 0 Å². The van der Waals surface area contributed by atoms with Gasteiger partial charge < -0.3 is 19.3 Å². The molecule has 1 N–H and O–H groups in total. The van der Waals surface area contributed by atoms with E-state index < -0.39 is 0 Å². The Morgan fingerprint density at radius 2 is 1.75 bits per heavy atom. The molecule has 4 nitrogen and oxygen atoms in total. The highest BCUT2D eigenvalue weighted by Crippen LogP contribution is 2.41. The van der Waals surface area contributed by atoms with Crippen molar-refractivity contribution < 1.29 is 19.3 Å². The molecule has 2 aliphatic carbocycles. The molecule has 114 valence electrons. The Morgan fingerprint density at radius 1 is 0.900 bits per heavy atom. The van der Waals surface area contributed by atoms with Crippen molar-refractivity contribution in [2.24, 2.45) is 5.92 Å². The molecular weight excluding hydrogens is 256 g/mol. The summed E-state index contributed by atoms with van der Waals surface area (Å²) in [6.45, 7) is 1.58. The van der Waals surface area contributed by atoms with E-state index in [2.05, 4.69) is 0 Å². The van der Waals surface area contributed by atoms with Crippen LogP contribution in [0.5, 0.6) is 0 Å². The van der Waals surface area contributed by atoms with Crippen LogP contribution in [0.25, 0.3) is 0 Å². The highest BCUT2D eigenvalue weighted by Gasteiger charge is 2.46. The first-order valence-corrected chi connectivity index (χ1v) is 8.33. The van der Waals surface area contributed by atoms with Gasteiger partial charge in [0, 0.05) is 6.61 Å². The minimum Gasteiger partial charge on any atom is -0.390 e. The van der Waals surface area contributed by atoms with Crippen molar-refractivity contribution in [3.63, 3.8) is 0 Å². The molecule has 0 aromatic heterocycles. The molecule has 2 saturated carbocycles. The molecule has 4 heteroatoms. The summed E-state index contributed by atoms with van der Waals surface area (Å²) >= 11 is 0. The van der Waals surface area contributed by atoms with Gasteiger partial charge in [-0.1, -0.05) is 0 Å². The summed E-state index contributed by atoms with van der Waals surface area (Å²) in [6.07, 6.45) is 8.77. The fourth-order valence-corrected chi connectivity index (χ4v) is 4.46. The molecule has 0 radical (unpaired) electrons. The molecule has 4 heterocycles. The molecule has 0 amide bonds. The van der Waals surface area contributed by atoms with Crippen LogP contribution < -0.4 is 0 Å². The summed E-state index contributed by atoms with van der Waals surface area (Å²) in [7, 11) is 0. The second-order valence-corrected chi connectivity index (χ2v) is 7.23. The maximum atomic E-state index is 10.0. The number of aliphatic hydroxyl groups excluding tert-OH is 1. The average Bonchev–Trinajstić information content (AvgIpc) is 2.91. The van der Waals surface area contributed by atoms with E-state index in [1.807, 2.05) is 0 Å². The molecule has 6 fully saturated rings. The first-order valence-electron chi connectivity index (χ1n) is 8.33. The third-order valence-electron chi connectivity index (χ3n) is 5.85. The third kappa shape index (κ3) is 2.41. The summed E-state index contributed by atoms with van der Waals surface area (Å²) in [5, 5.41) is 10.0. The van der Waals surface area contributed by atoms with Gasteiger partial charge in [-0.3, -0.25) is 0 Å². The van der Waals surface area contributed by atoms with Crippen LogP contribution in [0.15, 0.2) is 0 Å². The topological polar surface area (TPSA) is 47.9 Å². The molecule has 0 aromatic carbocycles. The van der Waals surface area contributed by atoms with Gasteiger partial charge in [0.15, 0.2) is 0 Å². The summed E-state index contributed by atoms with van der Waals surface area (Å²) in [6, 6.07) is 0. The Bertz CT molecular complexity index is 342. The van der Waals surface area contributed by atoms with Gasteiger partial charge in [0.2, 0.25) is 0 Å². The fraction of sp³-hybridized carbons (Fsp3) is 1.00. The van der Waals surface area contributed by atoms with Crippen LogP contribution in [-0.4, -0.2) is 48.3 Å². The van der Waals surface area contributed by atoms with Crippen LogP contribution >= 0.6 is 0 Å². The Labute approximate surface area is 120 Å². The Kier molecular flexibility index (Phi) is 3.53. The van der Waals surface area contributed by atoms with E-state index in [0.717, 1.165) is 51.0 Å². The summed E-state index contributed by atoms with van der Waals surface area (Å²) in [5.41, 5.74) is -0.162. The maximum Gasteiger partial charge on any atom is 0.0922 e. The second-order valence-electron chi connectivity index (χ2n) is 7.23. The van der Waals surface area contributed by atoms with Crippen LogP contribution in [0.2, 0.25) is 0 Å². The lowest BCUT2D eigenvalue weighted by Gasteiger charge is -2.41. The number of fused-ring (bicyclic) bond motifs is 8. The SMILES string of the molecule is OC1CCC2(OC3CCC4CCC3OC4)CCC1OC2. The van der Waals surface area contributed by atoms with Crippen molar-refractivity contribution in [1.82, 2.24) is 0 Å². The van der Waals surface area contributed by atoms with E-state index in [-0.39, 0.29) is 30.0 Å². The van der Waals surface area contributed by atoms with Gasteiger partial charge in [-0.15, -0.1) is 0 Å². The van der Waals surface area contributed by atoms with Gasteiger partial charge >= 0.3 is 0 Å². The van der Waals surface area contributed by atoms with Crippen LogP contribution in [0.4, 0.5) is 0 Å². The van der Waals surface area contributed by atoms with E-state index >= 15 is 0 Å². The predicted octanol–water partition coefficient (Wildman–Crippen LogP) is 2.03. The van der Waals surface area contributed by atoms with Gasteiger partial charge in [-0.05, 0) is 57.3 Å². The molecule has 4 saturated heterocycles. The Balaban J connectivity index is 1.47. The zero-order valence-corrected chi connectivity index (χ0v) is 12.1. The molecular formula is C16H26O4. The Hall–Kier alpha value is -0.160. The molecule has 4 aliphatic heterocycles.